The van der Waals surface area contributed by atoms with Crippen LogP contribution in [0.1, 0.15) is 119 Å². The van der Waals surface area contributed by atoms with Crippen molar-refractivity contribution in [1.29, 1.82) is 0 Å². The molecule has 0 spiro atoms. The fourth-order valence-electron chi connectivity index (χ4n) is 17.3. The van der Waals surface area contributed by atoms with Gasteiger partial charge in [-0.05, 0) is 138 Å². The van der Waals surface area contributed by atoms with Gasteiger partial charge in [-0.2, -0.15) is 24.3 Å². The number of para-hydroxylation sites is 8. The normalized spacial score (nSPS) is 13.8. The molecule has 0 bridgehead atoms. The molecule has 648 valence electrons. The van der Waals surface area contributed by atoms with Crippen LogP contribution in [0, 0.1) is 37.6 Å². The molecule has 12 heteroatoms. The summed E-state index contributed by atoms with van der Waals surface area (Å²) in [5, 5.41) is 4.25. The SMILES string of the molecule is CC(C)(C)c1ccc(-c2cccc(-c3ccc(C(C)(C)C)cc3)c2N2[CH-]N(c3[c-]c(Oc4[c-]c5c(cc4)c4ccccc4n5-c4cc(C(C)(C)C)ccn4)ccc3)c3ccccc32)cc1.[2H]c1c([2H])c([2H])c(-c2cccc(-c3c([2H])c([2H])c([2H])c([2H])c3[2H])c2N2[CH-]N(c3[c-]c(Oc4[c-]c5c(cc4)c4ccccc4n5-c4cc(C(C)(C)C)ccn4)c(-c4ccccc4)cc3)c3ccccc32)c([2H])c1[2H].[Pt].[Pt]. The first-order chi connectivity index (χ1) is 66.1. The number of aromatic nitrogens is 4. The minimum atomic E-state index is -0.568. The van der Waals surface area contributed by atoms with Gasteiger partial charge in [0.25, 0.3) is 0 Å². The number of hydrogen-bond acceptors (Lipinski definition) is 8. The third-order valence-corrected chi connectivity index (χ3v) is 24.0. The van der Waals surface area contributed by atoms with E-state index in [0.29, 0.717) is 40.1 Å². The number of hydrogen-bond donors (Lipinski definition) is 0. The van der Waals surface area contributed by atoms with Gasteiger partial charge in [-0.1, -0.05) is 342 Å². The summed E-state index contributed by atoms with van der Waals surface area (Å²) in [5.41, 5.74) is 21.1. The number of anilines is 8. The summed E-state index contributed by atoms with van der Waals surface area (Å²) in [4.78, 5) is 17.9. The van der Waals surface area contributed by atoms with Crippen molar-refractivity contribution in [2.24, 2.45) is 0 Å². The van der Waals surface area contributed by atoms with Crippen LogP contribution in [0.4, 0.5) is 45.5 Å². The summed E-state index contributed by atoms with van der Waals surface area (Å²) >= 11 is 0. The van der Waals surface area contributed by atoms with E-state index < -0.39 is 60.4 Å². The molecule has 21 rings (SSSR count). The Hall–Kier alpha value is -13.6. The van der Waals surface area contributed by atoms with Crippen molar-refractivity contribution in [1.82, 2.24) is 19.1 Å². The minimum absolute atomic E-state index is 0. The van der Waals surface area contributed by atoms with Gasteiger partial charge in [0.05, 0.1) is 13.7 Å². The Balaban J connectivity index is 0.000000184. The van der Waals surface area contributed by atoms with Crippen molar-refractivity contribution in [3.8, 4) is 90.3 Å². The quantitative estimate of drug-likeness (QED) is 0.0941. The van der Waals surface area contributed by atoms with Crippen LogP contribution in [-0.2, 0) is 63.8 Å². The van der Waals surface area contributed by atoms with Crippen molar-refractivity contribution >= 4 is 89.1 Å². The Morgan fingerprint density at radius 3 is 1.12 bits per heavy atom. The molecule has 0 aliphatic carbocycles. The van der Waals surface area contributed by atoms with E-state index in [1.807, 2.05) is 133 Å². The Kier molecular flexibility index (Phi) is 20.5. The van der Waals surface area contributed by atoms with Crippen LogP contribution in [0.2, 0.25) is 0 Å². The van der Waals surface area contributed by atoms with E-state index in [2.05, 4.69) is 291 Å². The van der Waals surface area contributed by atoms with Gasteiger partial charge < -0.3 is 38.2 Å². The van der Waals surface area contributed by atoms with Crippen molar-refractivity contribution in [2.45, 2.75) is 105 Å². The molecule has 2 aliphatic rings. The van der Waals surface area contributed by atoms with Crippen LogP contribution in [0.15, 0.2) is 364 Å². The standard InChI is InChI=1S/C60H55N4O.C58H43N4O.2Pt/c1-58(2,3)42-28-24-40(25-29-42)48-19-15-20-49(41-26-30-43(31-27-41)59(4,5)6)57(48)63-39-62(53-22-12-13-23-54(53)63)45-16-14-17-46(37-45)65-47-32-33-51-50-18-10-11-21-52(50)64(55(51)38-47)56-36-44(34-35-61-56)60(7,8)9;1-58(2,3)43-34-35-59-56(36-43)62-51-27-14-13-24-49(51)50-33-31-45(38-54(50)62)63-55-37-44(30-32-46(55)40-18-7-4-8-19-40)60-39-61(53-29-16-15-28-52(53)60)57-47(41-20-9-5-10-21-41)25-17-26-48(57)42-22-11-6-12-23-42;;/h10-36,39H,1-9H3;4-36,39H,1-3H3;;/q2*-3;;/i;5D,6D,9D,10D,11D,12D,20D,21D,22D,23D;;. The molecule has 0 radical (unpaired) electrons. The first-order valence-electron chi connectivity index (χ1n) is 48.2. The van der Waals surface area contributed by atoms with E-state index in [9.17, 15) is 0 Å². The Bertz CT molecular complexity index is 7840. The molecular formula is C118H98N8O2Pt2-6. The average Bonchev–Trinajstić information content (AvgIpc) is 1.63. The number of nitrogens with zero attached hydrogens (tertiary/aromatic N) is 8. The maximum Gasteiger partial charge on any atom is 0.135 e. The zero-order chi connectivity index (χ0) is 96.4. The molecule has 19 aromatic rings. The average molecular weight is 2060 g/mol. The second-order valence-corrected chi connectivity index (χ2v) is 36.5. The predicted molar refractivity (Wildman–Crippen MR) is 530 cm³/mol. The van der Waals surface area contributed by atoms with Crippen LogP contribution < -0.4 is 29.1 Å². The van der Waals surface area contributed by atoms with Gasteiger partial charge in [-0.25, -0.2) is 9.97 Å². The Labute approximate surface area is 806 Å². The van der Waals surface area contributed by atoms with Crippen LogP contribution in [-0.4, -0.2) is 19.1 Å². The minimum Gasteiger partial charge on any atom is -0.509 e. The van der Waals surface area contributed by atoms with Gasteiger partial charge in [0.15, 0.2) is 0 Å². The topological polar surface area (TPSA) is 67.1 Å². The zero-order valence-corrected chi connectivity index (χ0v) is 78.6. The molecule has 0 unspecified atom stereocenters. The second kappa shape index (κ2) is 35.4. The van der Waals surface area contributed by atoms with Crippen LogP contribution in [0.3, 0.4) is 0 Å². The number of rotatable bonds is 15. The number of benzene rings is 15. The number of ether oxygens (including phenoxy) is 2. The van der Waals surface area contributed by atoms with Crippen molar-refractivity contribution in [3.05, 3.63) is 424 Å². The summed E-state index contributed by atoms with van der Waals surface area (Å²) in [6.45, 7) is 30.7. The summed E-state index contributed by atoms with van der Waals surface area (Å²) < 4.78 is 105. The fourth-order valence-corrected chi connectivity index (χ4v) is 17.3. The third-order valence-electron chi connectivity index (χ3n) is 24.0. The molecule has 0 fully saturated rings. The van der Waals surface area contributed by atoms with Crippen molar-refractivity contribution < 1.29 is 65.3 Å². The number of fused-ring (bicyclic) bond motifs is 8. The third kappa shape index (κ3) is 16.9. The smallest absolute Gasteiger partial charge is 0.135 e. The monoisotopic (exact) mass is 2060 g/mol. The molecule has 130 heavy (non-hydrogen) atoms. The van der Waals surface area contributed by atoms with Crippen LogP contribution >= 0.6 is 0 Å². The van der Waals surface area contributed by atoms with Crippen LogP contribution in [0.5, 0.6) is 23.0 Å². The number of pyridine rings is 2. The molecule has 4 aromatic heterocycles. The molecule has 0 atom stereocenters. The molecule has 0 amide bonds. The predicted octanol–water partition coefficient (Wildman–Crippen LogP) is 31.5. The van der Waals surface area contributed by atoms with Crippen LogP contribution in [0.25, 0.3) is 111 Å². The summed E-state index contributed by atoms with van der Waals surface area (Å²) in [5.74, 6) is 3.61. The van der Waals surface area contributed by atoms with E-state index in [4.69, 9.17) is 33.1 Å². The Morgan fingerprint density at radius 2 is 0.669 bits per heavy atom. The molecule has 10 nitrogen and oxygen atoms in total. The van der Waals surface area contributed by atoms with Gasteiger partial charge >= 0.3 is 0 Å². The maximum absolute atomic E-state index is 9.08. The van der Waals surface area contributed by atoms with Gasteiger partial charge in [0.2, 0.25) is 0 Å². The van der Waals surface area contributed by atoms with Gasteiger partial charge in [0.1, 0.15) is 11.6 Å². The zero-order valence-electron chi connectivity index (χ0n) is 84.0. The largest absolute Gasteiger partial charge is 0.509 e. The molecular weight excluding hydrogens is 1950 g/mol. The second-order valence-electron chi connectivity index (χ2n) is 36.5. The van der Waals surface area contributed by atoms with E-state index in [0.717, 1.165) is 117 Å². The van der Waals surface area contributed by atoms with Gasteiger partial charge in [0, 0.05) is 145 Å². The molecule has 0 saturated carbocycles. The molecule has 0 saturated heterocycles. The molecule has 15 aromatic carbocycles. The first-order valence-corrected chi connectivity index (χ1v) is 43.2. The summed E-state index contributed by atoms with van der Waals surface area (Å²) in [6, 6.07) is 108. The van der Waals surface area contributed by atoms with Gasteiger partial charge in [-0.15, -0.1) is 90.1 Å². The van der Waals surface area contributed by atoms with E-state index >= 15 is 0 Å². The van der Waals surface area contributed by atoms with E-state index in [1.54, 1.807) is 29.8 Å². The maximum atomic E-state index is 9.08. The van der Waals surface area contributed by atoms with E-state index in [1.165, 1.54) is 16.7 Å². The molecule has 6 heterocycles. The Morgan fingerprint density at radius 1 is 0.292 bits per heavy atom. The molecule has 2 aliphatic heterocycles. The summed E-state index contributed by atoms with van der Waals surface area (Å²) in [6.07, 6.45) is 3.74. The first kappa shape index (κ1) is 75.4. The fraction of sp³-hybridized carbons (Fsp3) is 0.136. The summed E-state index contributed by atoms with van der Waals surface area (Å²) in [7, 11) is 0. The van der Waals surface area contributed by atoms with Crippen molar-refractivity contribution in [3.63, 3.8) is 0 Å². The van der Waals surface area contributed by atoms with Crippen molar-refractivity contribution in [2.75, 3.05) is 19.6 Å². The van der Waals surface area contributed by atoms with E-state index in [-0.39, 0.29) is 91.7 Å². The molecule has 0 N–H and O–H groups in total. The van der Waals surface area contributed by atoms with Gasteiger partial charge in [-0.3, -0.25) is 0 Å².